The number of rotatable bonds is 3. The van der Waals surface area contributed by atoms with E-state index in [4.69, 9.17) is 9.26 Å². The second-order valence-electron chi connectivity index (χ2n) is 5.54. The second-order valence-corrected chi connectivity index (χ2v) is 5.54. The molecule has 6 nitrogen and oxygen atoms in total. The van der Waals surface area contributed by atoms with Crippen LogP contribution in [0.3, 0.4) is 0 Å². The zero-order chi connectivity index (χ0) is 13.9. The highest BCUT2D eigenvalue weighted by molar-refractivity contribution is 5.75. The maximum Gasteiger partial charge on any atom is 0.318 e. The molecule has 0 spiro atoms. The van der Waals surface area contributed by atoms with Gasteiger partial charge in [-0.1, -0.05) is 5.16 Å². The first-order valence-electron chi connectivity index (χ1n) is 7.33. The van der Waals surface area contributed by atoms with Crippen LogP contribution in [0.1, 0.15) is 43.2 Å². The van der Waals surface area contributed by atoms with Crippen molar-refractivity contribution in [3.8, 4) is 0 Å². The van der Waals surface area contributed by atoms with Gasteiger partial charge in [-0.25, -0.2) is 4.79 Å². The third-order valence-corrected chi connectivity index (χ3v) is 3.99. The summed E-state index contributed by atoms with van der Waals surface area (Å²) in [6.07, 6.45) is 4.22. The number of aryl methyl sites for hydroxylation is 1. The third-order valence-electron chi connectivity index (χ3n) is 3.99. The molecule has 0 bridgehead atoms. The number of urea groups is 1. The van der Waals surface area contributed by atoms with E-state index in [0.29, 0.717) is 6.54 Å². The molecule has 2 aliphatic heterocycles. The van der Waals surface area contributed by atoms with Crippen LogP contribution in [0.5, 0.6) is 0 Å². The molecule has 0 unspecified atom stereocenters. The maximum absolute atomic E-state index is 12.3. The van der Waals surface area contributed by atoms with Crippen molar-refractivity contribution in [3.05, 3.63) is 17.5 Å². The van der Waals surface area contributed by atoms with Gasteiger partial charge >= 0.3 is 6.03 Å². The first-order chi connectivity index (χ1) is 9.74. The molecule has 6 heteroatoms. The van der Waals surface area contributed by atoms with Gasteiger partial charge in [0.2, 0.25) is 0 Å². The van der Waals surface area contributed by atoms with Crippen molar-refractivity contribution in [2.45, 2.75) is 44.8 Å². The molecule has 1 N–H and O–H groups in total. The van der Waals surface area contributed by atoms with Gasteiger partial charge in [-0.3, -0.25) is 0 Å². The number of carbonyl (C=O) groups is 1. The monoisotopic (exact) mass is 279 g/mol. The summed E-state index contributed by atoms with van der Waals surface area (Å²) in [5, 5.41) is 6.88. The Morgan fingerprint density at radius 3 is 3.10 bits per heavy atom. The smallest absolute Gasteiger partial charge is 0.318 e. The molecule has 2 saturated heterocycles. The van der Waals surface area contributed by atoms with Crippen LogP contribution >= 0.6 is 0 Å². The first kappa shape index (κ1) is 13.4. The van der Waals surface area contributed by atoms with Gasteiger partial charge in [0, 0.05) is 25.8 Å². The quantitative estimate of drug-likeness (QED) is 0.919. The van der Waals surface area contributed by atoms with Gasteiger partial charge in [-0.2, -0.15) is 0 Å². The predicted octanol–water partition coefficient (Wildman–Crippen LogP) is 2.01. The van der Waals surface area contributed by atoms with Crippen LogP contribution in [-0.2, 0) is 4.74 Å². The number of ether oxygens (including phenoxy) is 1. The molecule has 1 aromatic rings. The van der Waals surface area contributed by atoms with Gasteiger partial charge < -0.3 is 19.5 Å². The van der Waals surface area contributed by atoms with Crippen LogP contribution in [0.15, 0.2) is 10.6 Å². The molecule has 110 valence electrons. The number of likely N-dealkylation sites (tertiary alicyclic amines) is 1. The van der Waals surface area contributed by atoms with E-state index in [1.165, 1.54) is 0 Å². The van der Waals surface area contributed by atoms with Crippen LogP contribution in [0.4, 0.5) is 4.79 Å². The topological polar surface area (TPSA) is 67.6 Å². The molecule has 2 aliphatic rings. The Hall–Kier alpha value is -1.56. The number of nitrogens with one attached hydrogen (secondary N) is 1. The van der Waals surface area contributed by atoms with Crippen molar-refractivity contribution in [1.82, 2.24) is 15.4 Å². The average molecular weight is 279 g/mol. The van der Waals surface area contributed by atoms with E-state index >= 15 is 0 Å². The van der Waals surface area contributed by atoms with Crippen LogP contribution in [-0.4, -0.2) is 41.9 Å². The lowest BCUT2D eigenvalue weighted by atomic mass is 10.1. The van der Waals surface area contributed by atoms with E-state index in [9.17, 15) is 4.79 Å². The lowest BCUT2D eigenvalue weighted by Gasteiger charge is -2.23. The fraction of sp³-hybridized carbons (Fsp3) is 0.714. The fourth-order valence-electron chi connectivity index (χ4n) is 2.95. The summed E-state index contributed by atoms with van der Waals surface area (Å²) in [5.74, 6) is 0.785. The Labute approximate surface area is 118 Å². The molecule has 2 fully saturated rings. The zero-order valence-electron chi connectivity index (χ0n) is 11.8. The lowest BCUT2D eigenvalue weighted by molar-refractivity contribution is 0.108. The van der Waals surface area contributed by atoms with Crippen molar-refractivity contribution >= 4 is 6.03 Å². The minimum Gasteiger partial charge on any atom is -0.376 e. The zero-order valence-corrected chi connectivity index (χ0v) is 11.8. The first-order valence-corrected chi connectivity index (χ1v) is 7.33. The van der Waals surface area contributed by atoms with E-state index in [-0.39, 0.29) is 18.2 Å². The van der Waals surface area contributed by atoms with Crippen molar-refractivity contribution in [3.63, 3.8) is 0 Å². The Balaban J connectivity index is 1.58. The standard InChI is InChI=1S/C14H21N3O3/c1-10-8-13(20-16-10)12-5-2-6-17(12)14(18)15-9-11-4-3-7-19-11/h8,11-12H,2-7,9H2,1H3,(H,15,18)/t11-,12+/m0/s1. The van der Waals surface area contributed by atoms with E-state index in [0.717, 1.165) is 50.3 Å². The van der Waals surface area contributed by atoms with Gasteiger partial charge in [-0.15, -0.1) is 0 Å². The van der Waals surface area contributed by atoms with E-state index in [2.05, 4.69) is 10.5 Å². The Morgan fingerprint density at radius 2 is 2.40 bits per heavy atom. The summed E-state index contributed by atoms with van der Waals surface area (Å²) in [5.41, 5.74) is 0.853. The molecule has 2 amide bonds. The second kappa shape index (κ2) is 5.83. The minimum absolute atomic E-state index is 0.0145. The summed E-state index contributed by atoms with van der Waals surface area (Å²) in [6, 6.07) is 1.90. The SMILES string of the molecule is Cc1cc([C@H]2CCCN2C(=O)NC[C@@H]2CCCO2)on1. The fourth-order valence-corrected chi connectivity index (χ4v) is 2.95. The molecule has 0 saturated carbocycles. The highest BCUT2D eigenvalue weighted by atomic mass is 16.5. The number of aromatic nitrogens is 1. The van der Waals surface area contributed by atoms with Crippen molar-refractivity contribution in [1.29, 1.82) is 0 Å². The lowest BCUT2D eigenvalue weighted by Crippen LogP contribution is -2.42. The number of nitrogens with zero attached hydrogens (tertiary/aromatic N) is 2. The molecule has 20 heavy (non-hydrogen) atoms. The molecular weight excluding hydrogens is 258 g/mol. The number of hydrogen-bond acceptors (Lipinski definition) is 4. The number of hydrogen-bond donors (Lipinski definition) is 1. The summed E-state index contributed by atoms with van der Waals surface area (Å²) in [7, 11) is 0. The van der Waals surface area contributed by atoms with Crippen molar-refractivity contribution in [2.24, 2.45) is 0 Å². The highest BCUT2D eigenvalue weighted by Crippen LogP contribution is 2.32. The summed E-state index contributed by atoms with van der Waals surface area (Å²) >= 11 is 0. The van der Waals surface area contributed by atoms with E-state index < -0.39 is 0 Å². The maximum atomic E-state index is 12.3. The van der Waals surface area contributed by atoms with Crippen LogP contribution in [0.25, 0.3) is 0 Å². The van der Waals surface area contributed by atoms with Crippen LogP contribution in [0.2, 0.25) is 0 Å². The predicted molar refractivity (Wildman–Crippen MR) is 72.3 cm³/mol. The average Bonchev–Trinajstić information content (AvgIpc) is 3.16. The van der Waals surface area contributed by atoms with Gasteiger partial charge in [0.15, 0.2) is 5.76 Å². The molecule has 2 atom stereocenters. The Bertz CT molecular complexity index is 468. The van der Waals surface area contributed by atoms with Crippen molar-refractivity contribution < 1.29 is 14.1 Å². The van der Waals surface area contributed by atoms with Crippen molar-refractivity contribution in [2.75, 3.05) is 19.7 Å². The van der Waals surface area contributed by atoms with Gasteiger partial charge in [0.25, 0.3) is 0 Å². The highest BCUT2D eigenvalue weighted by Gasteiger charge is 2.33. The Morgan fingerprint density at radius 1 is 1.50 bits per heavy atom. The summed E-state index contributed by atoms with van der Waals surface area (Å²) in [6.45, 7) is 4.06. The molecule has 0 aliphatic carbocycles. The normalized spacial score (nSPS) is 26.1. The van der Waals surface area contributed by atoms with E-state index in [1.807, 2.05) is 17.9 Å². The summed E-state index contributed by atoms with van der Waals surface area (Å²) < 4.78 is 10.8. The van der Waals surface area contributed by atoms with Crippen LogP contribution in [0, 0.1) is 6.92 Å². The third kappa shape index (κ3) is 2.80. The molecule has 0 aromatic carbocycles. The van der Waals surface area contributed by atoms with E-state index in [1.54, 1.807) is 0 Å². The van der Waals surface area contributed by atoms with Gasteiger partial charge in [0.1, 0.15) is 0 Å². The molecule has 3 heterocycles. The molecule has 3 rings (SSSR count). The largest absolute Gasteiger partial charge is 0.376 e. The van der Waals surface area contributed by atoms with Gasteiger partial charge in [-0.05, 0) is 32.6 Å². The number of amides is 2. The van der Waals surface area contributed by atoms with Gasteiger partial charge in [0.05, 0.1) is 17.8 Å². The number of carbonyl (C=O) groups excluding carboxylic acids is 1. The Kier molecular flexibility index (Phi) is 3.91. The minimum atomic E-state index is -0.0305. The van der Waals surface area contributed by atoms with Crippen LogP contribution < -0.4 is 5.32 Å². The molecule has 0 radical (unpaired) electrons. The summed E-state index contributed by atoms with van der Waals surface area (Å²) in [4.78, 5) is 14.1. The molecular formula is C14H21N3O3. The molecule has 1 aromatic heterocycles.